The third-order valence-electron chi connectivity index (χ3n) is 4.05. The van der Waals surface area contributed by atoms with E-state index in [0.29, 0.717) is 18.6 Å². The van der Waals surface area contributed by atoms with Crippen LogP contribution in [0.15, 0.2) is 65.7 Å². The van der Waals surface area contributed by atoms with E-state index in [1.807, 2.05) is 42.5 Å². The van der Waals surface area contributed by atoms with Crippen molar-refractivity contribution in [3.63, 3.8) is 0 Å². The molecule has 23 heavy (non-hydrogen) atoms. The highest BCUT2D eigenvalue weighted by Gasteiger charge is 2.07. The molecule has 0 unspecified atom stereocenters. The number of benzene rings is 2. The summed E-state index contributed by atoms with van der Waals surface area (Å²) in [6.07, 6.45) is 4.54. The Morgan fingerprint density at radius 2 is 1.70 bits per heavy atom. The molecule has 1 aromatic heterocycles. The number of hydrogen-bond donors (Lipinski definition) is 1. The lowest BCUT2D eigenvalue weighted by atomic mass is 10.0. The Kier molecular flexibility index (Phi) is 5.09. The summed E-state index contributed by atoms with van der Waals surface area (Å²) in [6.45, 7) is 0. The fourth-order valence-corrected chi connectivity index (χ4v) is 3.03. The summed E-state index contributed by atoms with van der Waals surface area (Å²) < 4.78 is 0. The Labute approximate surface area is 142 Å². The Bertz CT molecular complexity index is 814. The van der Waals surface area contributed by atoms with Crippen molar-refractivity contribution in [2.45, 2.75) is 30.6 Å². The molecule has 116 valence electrons. The fraction of sp³-hybridized carbons (Fsp3) is 0.200. The summed E-state index contributed by atoms with van der Waals surface area (Å²) in [7, 11) is 0. The standard InChI is InChI=1S/C20H19NOS/c22-17(11-9-15-5-2-1-3-6-15)12-10-16-13-14-21-20-18(16)7-4-8-19(20)23/h1-8,13-14,23H,9-12H2. The van der Waals surface area contributed by atoms with Gasteiger partial charge in [0.25, 0.3) is 0 Å². The van der Waals surface area contributed by atoms with Crippen molar-refractivity contribution in [2.75, 3.05) is 0 Å². The van der Waals surface area contributed by atoms with Crippen molar-refractivity contribution in [1.82, 2.24) is 4.98 Å². The van der Waals surface area contributed by atoms with E-state index in [1.54, 1.807) is 6.20 Å². The Hall–Kier alpha value is -2.13. The van der Waals surface area contributed by atoms with Gasteiger partial charge in [0.05, 0.1) is 5.52 Å². The largest absolute Gasteiger partial charge is 0.300 e. The number of ketones is 1. The van der Waals surface area contributed by atoms with Crippen molar-refractivity contribution >= 4 is 29.3 Å². The first-order valence-corrected chi connectivity index (χ1v) is 8.30. The first kappa shape index (κ1) is 15.8. The molecule has 0 aliphatic carbocycles. The smallest absolute Gasteiger partial charge is 0.133 e. The van der Waals surface area contributed by atoms with E-state index in [0.717, 1.165) is 28.6 Å². The normalized spacial score (nSPS) is 10.8. The van der Waals surface area contributed by atoms with Crippen LogP contribution in [0.1, 0.15) is 24.0 Å². The molecule has 0 amide bonds. The van der Waals surface area contributed by atoms with Crippen LogP contribution >= 0.6 is 12.6 Å². The van der Waals surface area contributed by atoms with Gasteiger partial charge in [-0.05, 0) is 36.1 Å². The van der Waals surface area contributed by atoms with Crippen LogP contribution in [0.5, 0.6) is 0 Å². The molecule has 0 saturated carbocycles. The topological polar surface area (TPSA) is 30.0 Å². The molecule has 0 N–H and O–H groups in total. The second-order valence-corrected chi connectivity index (χ2v) is 6.15. The molecule has 0 bridgehead atoms. The third kappa shape index (κ3) is 3.99. The van der Waals surface area contributed by atoms with Gasteiger partial charge in [-0.2, -0.15) is 0 Å². The molecular weight excluding hydrogens is 302 g/mol. The molecule has 0 saturated heterocycles. The number of pyridine rings is 1. The summed E-state index contributed by atoms with van der Waals surface area (Å²) in [4.78, 5) is 17.4. The zero-order valence-corrected chi connectivity index (χ0v) is 13.8. The summed E-state index contributed by atoms with van der Waals surface area (Å²) in [5.74, 6) is 0.306. The Morgan fingerprint density at radius 1 is 0.913 bits per heavy atom. The number of aromatic nitrogens is 1. The van der Waals surface area contributed by atoms with Crippen molar-refractivity contribution < 1.29 is 4.79 Å². The van der Waals surface area contributed by atoms with Crippen LogP contribution in [-0.2, 0) is 17.6 Å². The van der Waals surface area contributed by atoms with Gasteiger partial charge in [0.2, 0.25) is 0 Å². The SMILES string of the molecule is O=C(CCc1ccccc1)CCc1ccnc2c(S)cccc12. The zero-order chi connectivity index (χ0) is 16.1. The second kappa shape index (κ2) is 7.42. The maximum absolute atomic E-state index is 12.2. The van der Waals surface area contributed by atoms with E-state index in [4.69, 9.17) is 0 Å². The van der Waals surface area contributed by atoms with Crippen LogP contribution in [-0.4, -0.2) is 10.8 Å². The highest BCUT2D eigenvalue weighted by Crippen LogP contribution is 2.23. The number of para-hydroxylation sites is 1. The van der Waals surface area contributed by atoms with Crippen LogP contribution in [0, 0.1) is 0 Å². The minimum atomic E-state index is 0.306. The number of hydrogen-bond acceptors (Lipinski definition) is 3. The van der Waals surface area contributed by atoms with E-state index in [2.05, 4.69) is 29.7 Å². The van der Waals surface area contributed by atoms with Crippen molar-refractivity contribution in [1.29, 1.82) is 0 Å². The highest BCUT2D eigenvalue weighted by atomic mass is 32.1. The highest BCUT2D eigenvalue weighted by molar-refractivity contribution is 7.80. The molecule has 0 fully saturated rings. The molecule has 3 heteroatoms. The lowest BCUT2D eigenvalue weighted by Crippen LogP contribution is -2.02. The Balaban J connectivity index is 1.62. The number of carbonyl (C=O) groups is 1. The monoisotopic (exact) mass is 321 g/mol. The van der Waals surface area contributed by atoms with Crippen LogP contribution in [0.4, 0.5) is 0 Å². The number of thiol groups is 1. The predicted octanol–water partition coefficient (Wildman–Crippen LogP) is 4.66. The van der Waals surface area contributed by atoms with E-state index in [1.165, 1.54) is 11.1 Å². The minimum absolute atomic E-state index is 0.306. The molecule has 0 spiro atoms. The maximum Gasteiger partial charge on any atom is 0.133 e. The van der Waals surface area contributed by atoms with Crippen LogP contribution in [0.2, 0.25) is 0 Å². The molecule has 0 atom stereocenters. The van der Waals surface area contributed by atoms with E-state index in [-0.39, 0.29) is 0 Å². The van der Waals surface area contributed by atoms with Gasteiger partial charge in [-0.25, -0.2) is 0 Å². The summed E-state index contributed by atoms with van der Waals surface area (Å²) >= 11 is 4.45. The van der Waals surface area contributed by atoms with Gasteiger partial charge in [0, 0.05) is 29.3 Å². The van der Waals surface area contributed by atoms with Gasteiger partial charge in [0.15, 0.2) is 0 Å². The van der Waals surface area contributed by atoms with Gasteiger partial charge >= 0.3 is 0 Å². The van der Waals surface area contributed by atoms with Gasteiger partial charge in [-0.3, -0.25) is 9.78 Å². The van der Waals surface area contributed by atoms with Crippen LogP contribution in [0.3, 0.4) is 0 Å². The average molecular weight is 321 g/mol. The molecule has 0 aliphatic rings. The molecule has 2 aromatic carbocycles. The predicted molar refractivity (Wildman–Crippen MR) is 97.1 cm³/mol. The molecule has 3 rings (SSSR count). The van der Waals surface area contributed by atoms with Crippen LogP contribution < -0.4 is 0 Å². The zero-order valence-electron chi connectivity index (χ0n) is 12.9. The van der Waals surface area contributed by atoms with Crippen molar-refractivity contribution in [2.24, 2.45) is 0 Å². The molecule has 3 aromatic rings. The number of Topliss-reactive ketones (excluding diaryl/α,β-unsaturated/α-hetero) is 1. The first-order valence-electron chi connectivity index (χ1n) is 7.85. The van der Waals surface area contributed by atoms with Gasteiger partial charge in [-0.1, -0.05) is 42.5 Å². The molecule has 1 heterocycles. The van der Waals surface area contributed by atoms with Crippen molar-refractivity contribution in [3.05, 3.63) is 71.9 Å². The summed E-state index contributed by atoms with van der Waals surface area (Å²) in [5.41, 5.74) is 3.29. The van der Waals surface area contributed by atoms with E-state index in [9.17, 15) is 4.79 Å². The average Bonchev–Trinajstić information content (AvgIpc) is 2.59. The van der Waals surface area contributed by atoms with Crippen LogP contribution in [0.25, 0.3) is 10.9 Å². The molecular formula is C20H19NOS. The number of fused-ring (bicyclic) bond motifs is 1. The quantitative estimate of drug-likeness (QED) is 0.669. The van der Waals surface area contributed by atoms with Gasteiger partial charge < -0.3 is 0 Å². The van der Waals surface area contributed by atoms with E-state index < -0.39 is 0 Å². The molecule has 0 aliphatic heterocycles. The van der Waals surface area contributed by atoms with Gasteiger partial charge in [0.1, 0.15) is 5.78 Å². The lowest BCUT2D eigenvalue weighted by molar-refractivity contribution is -0.119. The van der Waals surface area contributed by atoms with Crippen molar-refractivity contribution in [3.8, 4) is 0 Å². The maximum atomic E-state index is 12.2. The Morgan fingerprint density at radius 3 is 2.52 bits per heavy atom. The van der Waals surface area contributed by atoms with Gasteiger partial charge in [-0.15, -0.1) is 12.6 Å². The lowest BCUT2D eigenvalue weighted by Gasteiger charge is -2.07. The van der Waals surface area contributed by atoms with E-state index >= 15 is 0 Å². The first-order chi connectivity index (χ1) is 11.2. The third-order valence-corrected chi connectivity index (χ3v) is 4.41. The second-order valence-electron chi connectivity index (χ2n) is 5.67. The molecule has 2 nitrogen and oxygen atoms in total. The number of nitrogens with zero attached hydrogens (tertiary/aromatic N) is 1. The number of rotatable bonds is 6. The molecule has 0 radical (unpaired) electrons. The number of carbonyl (C=O) groups excluding carboxylic acids is 1. The number of aryl methyl sites for hydroxylation is 2. The fourth-order valence-electron chi connectivity index (χ4n) is 2.76. The summed E-state index contributed by atoms with van der Waals surface area (Å²) in [5, 5.41) is 1.09. The summed E-state index contributed by atoms with van der Waals surface area (Å²) in [6, 6.07) is 18.1. The minimum Gasteiger partial charge on any atom is -0.300 e.